The Morgan fingerprint density at radius 2 is 1.76 bits per heavy atom. The summed E-state index contributed by atoms with van der Waals surface area (Å²) in [6.45, 7) is 3.93. The highest BCUT2D eigenvalue weighted by Gasteiger charge is 2.35. The van der Waals surface area contributed by atoms with E-state index in [-0.39, 0.29) is 18.0 Å². The minimum atomic E-state index is -0.524. The van der Waals surface area contributed by atoms with Crippen LogP contribution in [0.1, 0.15) is 32.3 Å². The van der Waals surface area contributed by atoms with Gasteiger partial charge in [0.25, 0.3) is 11.8 Å². The Balaban J connectivity index is 1.89. The molecule has 0 atom stereocenters. The van der Waals surface area contributed by atoms with Crippen molar-refractivity contribution in [3.63, 3.8) is 0 Å². The summed E-state index contributed by atoms with van der Waals surface area (Å²) < 4.78 is 2.71. The van der Waals surface area contributed by atoms with Crippen LogP contribution in [0.3, 0.4) is 0 Å². The summed E-state index contributed by atoms with van der Waals surface area (Å²) >= 11 is 3.46. The topological polar surface area (TPSA) is 79.0 Å². The number of nitriles is 1. The molecular formula is C27H23BrN4O2. The molecule has 0 fully saturated rings. The molecule has 0 saturated carbocycles. The van der Waals surface area contributed by atoms with Gasteiger partial charge in [0.2, 0.25) is 0 Å². The predicted octanol–water partition coefficient (Wildman–Crippen LogP) is 5.69. The summed E-state index contributed by atoms with van der Waals surface area (Å²) in [4.78, 5) is 27.3. The maximum Gasteiger partial charge on any atom is 0.271 e. The lowest BCUT2D eigenvalue weighted by Gasteiger charge is -2.27. The van der Waals surface area contributed by atoms with E-state index < -0.39 is 5.91 Å². The monoisotopic (exact) mass is 514 g/mol. The van der Waals surface area contributed by atoms with Gasteiger partial charge >= 0.3 is 0 Å². The average Bonchev–Trinajstić information content (AvgIpc) is 3.27. The van der Waals surface area contributed by atoms with Crippen molar-refractivity contribution in [3.8, 4) is 23.0 Å². The van der Waals surface area contributed by atoms with Crippen molar-refractivity contribution in [2.75, 3.05) is 6.54 Å². The molecule has 1 aromatic heterocycles. The second-order valence-corrected chi connectivity index (χ2v) is 8.92. The Hall–Kier alpha value is -3.76. The van der Waals surface area contributed by atoms with Crippen LogP contribution >= 0.6 is 15.9 Å². The third-order valence-electron chi connectivity index (χ3n) is 5.74. The lowest BCUT2D eigenvalue weighted by atomic mass is 9.93. The highest BCUT2D eigenvalue weighted by molar-refractivity contribution is 9.10. The van der Waals surface area contributed by atoms with Gasteiger partial charge < -0.3 is 0 Å². The molecule has 2 amide bonds. The number of halogens is 1. The van der Waals surface area contributed by atoms with Crippen molar-refractivity contribution in [2.24, 2.45) is 0 Å². The number of hydrogen-bond acceptors (Lipinski definition) is 4. The van der Waals surface area contributed by atoms with E-state index in [9.17, 15) is 14.9 Å². The van der Waals surface area contributed by atoms with Crippen molar-refractivity contribution in [1.82, 2.24) is 14.7 Å². The lowest BCUT2D eigenvalue weighted by molar-refractivity contribution is -0.140. The molecule has 3 aromatic rings. The summed E-state index contributed by atoms with van der Waals surface area (Å²) in [5.74, 6) is -0.909. The number of carbonyl (C=O) groups is 2. The largest absolute Gasteiger partial charge is 0.274 e. The number of carbonyl (C=O) groups excluding carboxylic acids is 2. The third kappa shape index (κ3) is 4.50. The van der Waals surface area contributed by atoms with Crippen LogP contribution in [-0.4, -0.2) is 33.0 Å². The zero-order valence-electron chi connectivity index (χ0n) is 19.0. The first kappa shape index (κ1) is 23.4. The first-order valence-corrected chi connectivity index (χ1v) is 11.8. The highest BCUT2D eigenvalue weighted by atomic mass is 79.9. The van der Waals surface area contributed by atoms with E-state index in [1.54, 1.807) is 17.7 Å². The van der Waals surface area contributed by atoms with Gasteiger partial charge in [-0.15, -0.1) is 0 Å². The van der Waals surface area contributed by atoms with E-state index in [1.165, 1.54) is 4.90 Å². The first-order valence-electron chi connectivity index (χ1n) is 11.0. The van der Waals surface area contributed by atoms with Gasteiger partial charge in [-0.2, -0.15) is 10.4 Å². The Morgan fingerprint density at radius 1 is 1.06 bits per heavy atom. The molecule has 0 bridgehead atoms. The van der Waals surface area contributed by atoms with Crippen LogP contribution in [0.5, 0.6) is 0 Å². The molecule has 34 heavy (non-hydrogen) atoms. The molecule has 170 valence electrons. The fourth-order valence-electron chi connectivity index (χ4n) is 3.84. The minimum Gasteiger partial charge on any atom is -0.274 e. The Kier molecular flexibility index (Phi) is 6.90. The SMILES string of the molecule is CCCCN1C(=O)C(C#N)=C(C)/C(=C\c2cn(-c3ccccc3)nc2-c2ccc(Br)cc2)C1=O. The lowest BCUT2D eigenvalue weighted by Crippen LogP contribution is -2.43. The van der Waals surface area contributed by atoms with Crippen LogP contribution in [0.25, 0.3) is 23.0 Å². The standard InChI is InChI=1S/C27H23BrN4O2/c1-3-4-14-31-26(33)23(18(2)24(16-29)27(31)34)15-20-17-32(22-8-6-5-7-9-22)30-25(20)19-10-12-21(28)13-11-19/h5-13,15,17H,3-4,14H2,1-2H3/b23-15+. The molecule has 0 saturated heterocycles. The maximum atomic E-state index is 13.3. The number of unbranched alkanes of at least 4 members (excludes halogenated alkanes) is 1. The Labute approximate surface area is 206 Å². The van der Waals surface area contributed by atoms with Crippen LogP contribution in [-0.2, 0) is 9.59 Å². The minimum absolute atomic E-state index is 0.00240. The summed E-state index contributed by atoms with van der Waals surface area (Å²) in [7, 11) is 0. The molecule has 4 rings (SSSR count). The van der Waals surface area contributed by atoms with Gasteiger partial charge in [-0.1, -0.05) is 59.6 Å². The normalized spacial score (nSPS) is 15.2. The van der Waals surface area contributed by atoms with E-state index in [0.29, 0.717) is 23.3 Å². The van der Waals surface area contributed by atoms with Gasteiger partial charge in [0.1, 0.15) is 11.6 Å². The molecule has 0 aliphatic carbocycles. The molecule has 7 heteroatoms. The van der Waals surface area contributed by atoms with Gasteiger partial charge in [0.05, 0.1) is 11.4 Å². The van der Waals surface area contributed by atoms with Crippen molar-refractivity contribution in [1.29, 1.82) is 5.26 Å². The van der Waals surface area contributed by atoms with Gasteiger partial charge in [0, 0.05) is 33.9 Å². The zero-order valence-corrected chi connectivity index (χ0v) is 20.5. The number of hydrogen-bond donors (Lipinski definition) is 0. The average molecular weight is 515 g/mol. The molecule has 6 nitrogen and oxygen atoms in total. The number of amides is 2. The number of para-hydroxylation sites is 1. The number of rotatable bonds is 6. The Bertz CT molecular complexity index is 1350. The van der Waals surface area contributed by atoms with E-state index in [1.807, 2.05) is 73.8 Å². The molecular weight excluding hydrogens is 492 g/mol. The molecule has 0 radical (unpaired) electrons. The first-order chi connectivity index (χ1) is 16.4. The van der Waals surface area contributed by atoms with Crippen LogP contribution in [0.15, 0.2) is 82.0 Å². The van der Waals surface area contributed by atoms with Gasteiger partial charge in [0.15, 0.2) is 0 Å². The van der Waals surface area contributed by atoms with Gasteiger partial charge in [-0.05, 0) is 49.3 Å². The summed E-state index contributed by atoms with van der Waals surface area (Å²) in [5.41, 5.74) is 3.90. The molecule has 0 spiro atoms. The van der Waals surface area contributed by atoms with Crippen LogP contribution in [0.2, 0.25) is 0 Å². The van der Waals surface area contributed by atoms with Crippen molar-refractivity contribution in [3.05, 3.63) is 87.5 Å². The number of nitrogens with zero attached hydrogens (tertiary/aromatic N) is 4. The maximum absolute atomic E-state index is 13.3. The molecule has 0 unspecified atom stereocenters. The van der Waals surface area contributed by atoms with Crippen molar-refractivity contribution < 1.29 is 9.59 Å². The van der Waals surface area contributed by atoms with Gasteiger partial charge in [-0.3, -0.25) is 14.5 Å². The zero-order chi connectivity index (χ0) is 24.2. The Morgan fingerprint density at radius 3 is 2.41 bits per heavy atom. The number of imide groups is 1. The number of aromatic nitrogens is 2. The van der Waals surface area contributed by atoms with Crippen molar-refractivity contribution in [2.45, 2.75) is 26.7 Å². The van der Waals surface area contributed by atoms with Crippen molar-refractivity contribution >= 4 is 33.8 Å². The molecule has 1 aliphatic heterocycles. The summed E-state index contributed by atoms with van der Waals surface area (Å²) in [5, 5.41) is 14.4. The fraction of sp³-hybridized carbons (Fsp3) is 0.185. The van der Waals surface area contributed by atoms with Crippen LogP contribution in [0.4, 0.5) is 0 Å². The smallest absolute Gasteiger partial charge is 0.271 e. The predicted molar refractivity (Wildman–Crippen MR) is 135 cm³/mol. The van der Waals surface area contributed by atoms with E-state index in [4.69, 9.17) is 5.10 Å². The van der Waals surface area contributed by atoms with Gasteiger partial charge in [-0.25, -0.2) is 4.68 Å². The van der Waals surface area contributed by atoms with E-state index >= 15 is 0 Å². The van der Waals surface area contributed by atoms with E-state index in [2.05, 4.69) is 15.9 Å². The molecule has 2 heterocycles. The second-order valence-electron chi connectivity index (χ2n) is 8.01. The summed E-state index contributed by atoms with van der Waals surface area (Å²) in [6, 6.07) is 19.5. The fourth-order valence-corrected chi connectivity index (χ4v) is 4.11. The third-order valence-corrected chi connectivity index (χ3v) is 6.27. The summed E-state index contributed by atoms with van der Waals surface area (Å²) in [6.07, 6.45) is 5.11. The van der Waals surface area contributed by atoms with Crippen LogP contribution < -0.4 is 0 Å². The number of benzene rings is 2. The highest BCUT2D eigenvalue weighted by Crippen LogP contribution is 2.31. The molecule has 1 aliphatic rings. The van der Waals surface area contributed by atoms with E-state index in [0.717, 1.165) is 27.7 Å². The molecule has 2 aromatic carbocycles. The molecule has 0 N–H and O–H groups in total. The quantitative estimate of drug-likeness (QED) is 0.312. The van der Waals surface area contributed by atoms with Crippen LogP contribution in [0, 0.1) is 11.3 Å². The second kappa shape index (κ2) is 10.0.